The molecule has 0 radical (unpaired) electrons. The molecule has 17 heavy (non-hydrogen) atoms. The van der Waals surface area contributed by atoms with Gasteiger partial charge in [-0.3, -0.25) is 10.1 Å². The smallest absolute Gasteiger partial charge is 0.236 e. The maximum atomic E-state index is 11.7. The highest BCUT2D eigenvalue weighted by Crippen LogP contribution is 2.09. The predicted octanol–water partition coefficient (Wildman–Crippen LogP) is -1.14. The molecule has 1 amide bonds. The normalized spacial score (nSPS) is 13.5. The van der Waals surface area contributed by atoms with E-state index in [9.17, 15) is 15.0 Å². The van der Waals surface area contributed by atoms with E-state index in [4.69, 9.17) is 4.74 Å². The van der Waals surface area contributed by atoms with E-state index in [2.05, 4.69) is 10.6 Å². The fraction of sp³-hybridized carbons (Fsp3) is 0.909. The first-order chi connectivity index (χ1) is 8.05. The number of hydrogen-bond donors (Lipinski definition) is 4. The Balaban J connectivity index is 4.21. The number of aliphatic hydroxyl groups is 2. The largest absolute Gasteiger partial charge is 0.394 e. The quantitative estimate of drug-likeness (QED) is 0.387. The van der Waals surface area contributed by atoms with Crippen molar-refractivity contribution in [1.82, 2.24) is 10.6 Å². The van der Waals surface area contributed by atoms with Crippen LogP contribution in [-0.4, -0.2) is 61.2 Å². The van der Waals surface area contributed by atoms with Gasteiger partial charge in [0.2, 0.25) is 5.91 Å². The monoisotopic (exact) mass is 248 g/mol. The van der Waals surface area contributed by atoms with E-state index in [1.165, 1.54) is 0 Å². The number of amides is 1. The lowest BCUT2D eigenvalue weighted by molar-refractivity contribution is -0.123. The Morgan fingerprint density at radius 2 is 2.00 bits per heavy atom. The van der Waals surface area contributed by atoms with Gasteiger partial charge in [0, 0.05) is 13.7 Å². The molecule has 0 aliphatic rings. The summed E-state index contributed by atoms with van der Waals surface area (Å²) in [6.45, 7) is 4.01. The molecule has 0 bridgehead atoms. The molecule has 4 N–H and O–H groups in total. The first kappa shape index (κ1) is 16.3. The number of hydrogen-bond acceptors (Lipinski definition) is 5. The molecule has 0 rings (SSSR count). The topological polar surface area (TPSA) is 90.8 Å². The van der Waals surface area contributed by atoms with Crippen molar-refractivity contribution >= 4 is 5.91 Å². The minimum Gasteiger partial charge on any atom is -0.394 e. The molecule has 0 aliphatic heterocycles. The molecule has 0 heterocycles. The Kier molecular flexibility index (Phi) is 8.07. The van der Waals surface area contributed by atoms with E-state index >= 15 is 0 Å². The fourth-order valence-corrected chi connectivity index (χ4v) is 1.42. The first-order valence-corrected chi connectivity index (χ1v) is 5.81. The Hall–Kier alpha value is -0.690. The lowest BCUT2D eigenvalue weighted by Crippen LogP contribution is -2.58. The van der Waals surface area contributed by atoms with E-state index in [1.54, 1.807) is 14.0 Å². The second-order valence-corrected chi connectivity index (χ2v) is 4.10. The highest BCUT2D eigenvalue weighted by molar-refractivity contribution is 5.81. The van der Waals surface area contributed by atoms with Crippen LogP contribution in [0.1, 0.15) is 20.3 Å². The zero-order valence-corrected chi connectivity index (χ0v) is 10.8. The van der Waals surface area contributed by atoms with Crippen LogP contribution in [0.3, 0.4) is 0 Å². The molecule has 0 aromatic rings. The summed E-state index contributed by atoms with van der Waals surface area (Å²) in [5.41, 5.74) is -0.808. The van der Waals surface area contributed by atoms with Gasteiger partial charge in [-0.15, -0.1) is 0 Å². The van der Waals surface area contributed by atoms with Crippen molar-refractivity contribution in [3.05, 3.63) is 0 Å². The van der Waals surface area contributed by atoms with E-state index in [-0.39, 0.29) is 19.1 Å². The molecule has 6 heteroatoms. The SMILES string of the molecule is CCC(CO)(CO)NC(C)C(=O)NCCOC. The van der Waals surface area contributed by atoms with E-state index < -0.39 is 11.6 Å². The molecule has 0 aromatic carbocycles. The molecule has 102 valence electrons. The summed E-state index contributed by atoms with van der Waals surface area (Å²) in [7, 11) is 1.56. The number of nitrogens with one attached hydrogen (secondary N) is 2. The number of carbonyl (C=O) groups is 1. The van der Waals surface area contributed by atoms with Gasteiger partial charge in [-0.1, -0.05) is 6.92 Å². The lowest BCUT2D eigenvalue weighted by atomic mass is 9.97. The van der Waals surface area contributed by atoms with Crippen LogP contribution in [0, 0.1) is 0 Å². The molecular formula is C11H24N2O4. The summed E-state index contributed by atoms with van der Waals surface area (Å²) < 4.78 is 4.82. The predicted molar refractivity (Wildman–Crippen MR) is 64.7 cm³/mol. The Morgan fingerprint density at radius 3 is 2.41 bits per heavy atom. The number of rotatable bonds is 9. The lowest BCUT2D eigenvalue weighted by Gasteiger charge is -2.32. The molecule has 0 fully saturated rings. The minimum atomic E-state index is -0.808. The summed E-state index contributed by atoms with van der Waals surface area (Å²) in [5, 5.41) is 24.1. The van der Waals surface area contributed by atoms with Gasteiger partial charge in [0.15, 0.2) is 0 Å². The number of methoxy groups -OCH3 is 1. The Morgan fingerprint density at radius 1 is 1.41 bits per heavy atom. The van der Waals surface area contributed by atoms with Crippen LogP contribution >= 0.6 is 0 Å². The van der Waals surface area contributed by atoms with Gasteiger partial charge in [-0.2, -0.15) is 0 Å². The molecule has 6 nitrogen and oxygen atoms in total. The maximum Gasteiger partial charge on any atom is 0.236 e. The van der Waals surface area contributed by atoms with E-state index in [1.807, 2.05) is 6.92 Å². The minimum absolute atomic E-state index is 0.179. The molecule has 0 aliphatic carbocycles. The molecular weight excluding hydrogens is 224 g/mol. The van der Waals surface area contributed by atoms with Crippen LogP contribution in [0.25, 0.3) is 0 Å². The van der Waals surface area contributed by atoms with Crippen LogP contribution < -0.4 is 10.6 Å². The highest BCUT2D eigenvalue weighted by Gasteiger charge is 2.30. The molecule has 0 saturated carbocycles. The van der Waals surface area contributed by atoms with Crippen molar-refractivity contribution in [3.63, 3.8) is 0 Å². The fourth-order valence-electron chi connectivity index (χ4n) is 1.42. The van der Waals surface area contributed by atoms with E-state index in [0.29, 0.717) is 19.6 Å². The summed E-state index contributed by atoms with van der Waals surface area (Å²) in [6, 6.07) is -0.480. The van der Waals surface area contributed by atoms with Crippen molar-refractivity contribution < 1.29 is 19.7 Å². The number of ether oxygens (including phenoxy) is 1. The molecule has 0 spiro atoms. The van der Waals surface area contributed by atoms with Gasteiger partial charge in [-0.25, -0.2) is 0 Å². The van der Waals surface area contributed by atoms with Crippen LogP contribution in [0.4, 0.5) is 0 Å². The highest BCUT2D eigenvalue weighted by atomic mass is 16.5. The van der Waals surface area contributed by atoms with Crippen molar-refractivity contribution in [2.24, 2.45) is 0 Å². The van der Waals surface area contributed by atoms with Crippen LogP contribution in [0.2, 0.25) is 0 Å². The average molecular weight is 248 g/mol. The Labute approximate surface area is 102 Å². The van der Waals surface area contributed by atoms with Gasteiger partial charge < -0.3 is 20.3 Å². The van der Waals surface area contributed by atoms with Crippen molar-refractivity contribution in [2.45, 2.75) is 31.8 Å². The molecule has 0 aromatic heterocycles. The Bertz CT molecular complexity index is 211. The van der Waals surface area contributed by atoms with Gasteiger partial charge >= 0.3 is 0 Å². The van der Waals surface area contributed by atoms with Crippen LogP contribution in [-0.2, 0) is 9.53 Å². The summed E-state index contributed by atoms with van der Waals surface area (Å²) in [5.74, 6) is -0.179. The second kappa shape index (κ2) is 8.41. The van der Waals surface area contributed by atoms with Crippen molar-refractivity contribution in [3.8, 4) is 0 Å². The van der Waals surface area contributed by atoms with Crippen molar-refractivity contribution in [2.75, 3.05) is 33.5 Å². The third kappa shape index (κ3) is 5.45. The first-order valence-electron chi connectivity index (χ1n) is 5.81. The third-order valence-corrected chi connectivity index (χ3v) is 2.80. The molecule has 0 saturated heterocycles. The number of carbonyl (C=O) groups excluding carboxylic acids is 1. The third-order valence-electron chi connectivity index (χ3n) is 2.80. The summed E-state index contributed by atoms with van der Waals surface area (Å²) in [4.78, 5) is 11.7. The zero-order valence-electron chi connectivity index (χ0n) is 10.8. The average Bonchev–Trinajstić information content (AvgIpc) is 2.36. The van der Waals surface area contributed by atoms with Gasteiger partial charge in [0.1, 0.15) is 0 Å². The second-order valence-electron chi connectivity index (χ2n) is 4.10. The molecule has 1 atom stereocenters. The van der Waals surface area contributed by atoms with E-state index in [0.717, 1.165) is 0 Å². The summed E-state index contributed by atoms with van der Waals surface area (Å²) in [6.07, 6.45) is 0.537. The number of aliphatic hydroxyl groups excluding tert-OH is 2. The standard InChI is InChI=1S/C11H24N2O4/c1-4-11(7-14,8-15)13-9(2)10(16)12-5-6-17-3/h9,13-15H,4-8H2,1-3H3,(H,12,16). The van der Waals surface area contributed by atoms with Crippen LogP contribution in [0.15, 0.2) is 0 Å². The van der Waals surface area contributed by atoms with Crippen molar-refractivity contribution in [1.29, 1.82) is 0 Å². The summed E-state index contributed by atoms with van der Waals surface area (Å²) >= 11 is 0. The van der Waals surface area contributed by atoms with Gasteiger partial charge in [0.05, 0.1) is 31.4 Å². The zero-order chi connectivity index (χ0) is 13.3. The van der Waals surface area contributed by atoms with Gasteiger partial charge in [-0.05, 0) is 13.3 Å². The molecule has 1 unspecified atom stereocenters. The van der Waals surface area contributed by atoms with Crippen LogP contribution in [0.5, 0.6) is 0 Å². The maximum absolute atomic E-state index is 11.7. The van der Waals surface area contributed by atoms with Gasteiger partial charge in [0.25, 0.3) is 0 Å².